The summed E-state index contributed by atoms with van der Waals surface area (Å²) in [7, 11) is 0. The van der Waals surface area contributed by atoms with Gasteiger partial charge in [0.15, 0.2) is 0 Å². The summed E-state index contributed by atoms with van der Waals surface area (Å²) in [5.74, 6) is 0.587. The van der Waals surface area contributed by atoms with E-state index in [9.17, 15) is 4.79 Å². The number of fused-ring (bicyclic) bond motifs is 1. The van der Waals surface area contributed by atoms with Crippen molar-refractivity contribution in [3.63, 3.8) is 0 Å². The van der Waals surface area contributed by atoms with Crippen molar-refractivity contribution in [3.8, 4) is 11.3 Å². The van der Waals surface area contributed by atoms with Gasteiger partial charge in [-0.2, -0.15) is 0 Å². The number of hydrogen-bond donors (Lipinski definition) is 2. The molecular formula is C20H26N2O. The van der Waals surface area contributed by atoms with Crippen LogP contribution < -0.4 is 10.9 Å². The number of aromatic amines is 1. The predicted molar refractivity (Wildman–Crippen MR) is 95.7 cm³/mol. The molecule has 3 rings (SSSR count). The number of H-pyrrole nitrogens is 1. The van der Waals surface area contributed by atoms with Crippen LogP contribution in [0.15, 0.2) is 35.1 Å². The van der Waals surface area contributed by atoms with E-state index in [-0.39, 0.29) is 5.56 Å². The Labute approximate surface area is 138 Å². The van der Waals surface area contributed by atoms with Crippen molar-refractivity contribution in [2.75, 3.05) is 6.54 Å². The summed E-state index contributed by atoms with van der Waals surface area (Å²) in [5, 5.41) is 3.32. The third-order valence-electron chi connectivity index (χ3n) is 4.52. The molecule has 0 amide bonds. The van der Waals surface area contributed by atoms with Crippen molar-refractivity contribution >= 4 is 0 Å². The second-order valence-electron chi connectivity index (χ2n) is 6.94. The number of aromatic nitrogens is 1. The minimum Gasteiger partial charge on any atom is -0.322 e. The monoisotopic (exact) mass is 310 g/mol. The summed E-state index contributed by atoms with van der Waals surface area (Å²) >= 11 is 0. The van der Waals surface area contributed by atoms with Gasteiger partial charge in [0, 0.05) is 17.8 Å². The Balaban J connectivity index is 1.78. The van der Waals surface area contributed by atoms with Crippen LogP contribution in [0.2, 0.25) is 0 Å². The molecule has 0 aliphatic heterocycles. The molecule has 0 bridgehead atoms. The van der Waals surface area contributed by atoms with Gasteiger partial charge in [-0.1, -0.05) is 32.0 Å². The van der Waals surface area contributed by atoms with Crippen LogP contribution in [0, 0.1) is 5.92 Å². The largest absolute Gasteiger partial charge is 0.322 e. The summed E-state index contributed by atoms with van der Waals surface area (Å²) in [4.78, 5) is 15.3. The van der Waals surface area contributed by atoms with Gasteiger partial charge < -0.3 is 10.3 Å². The summed E-state index contributed by atoms with van der Waals surface area (Å²) in [5.41, 5.74) is 5.75. The second kappa shape index (κ2) is 7.14. The Kier molecular flexibility index (Phi) is 4.97. The van der Waals surface area contributed by atoms with Crippen LogP contribution in [0.3, 0.4) is 0 Å². The van der Waals surface area contributed by atoms with Crippen molar-refractivity contribution in [1.82, 2.24) is 10.3 Å². The molecule has 122 valence electrons. The van der Waals surface area contributed by atoms with Crippen LogP contribution >= 0.6 is 0 Å². The molecule has 1 aromatic heterocycles. The van der Waals surface area contributed by atoms with E-state index in [1.165, 1.54) is 30.4 Å². The minimum atomic E-state index is 0.0106. The number of hydrogen-bond acceptors (Lipinski definition) is 2. The molecule has 0 unspecified atom stereocenters. The van der Waals surface area contributed by atoms with Gasteiger partial charge in [-0.25, -0.2) is 0 Å². The van der Waals surface area contributed by atoms with E-state index in [1.54, 1.807) is 0 Å². The highest BCUT2D eigenvalue weighted by Gasteiger charge is 2.11. The maximum absolute atomic E-state index is 12.3. The Morgan fingerprint density at radius 3 is 2.61 bits per heavy atom. The number of rotatable bonds is 5. The average molecular weight is 310 g/mol. The quantitative estimate of drug-likeness (QED) is 0.885. The van der Waals surface area contributed by atoms with Gasteiger partial charge in [0.2, 0.25) is 0 Å². The first-order valence-electron chi connectivity index (χ1n) is 8.68. The third-order valence-corrected chi connectivity index (χ3v) is 4.52. The summed E-state index contributed by atoms with van der Waals surface area (Å²) in [6, 6.07) is 10.6. The number of aryl methyl sites for hydroxylation is 2. The minimum absolute atomic E-state index is 0.0106. The van der Waals surface area contributed by atoms with E-state index in [0.29, 0.717) is 12.5 Å². The predicted octanol–water partition coefficient (Wildman–Crippen LogP) is 3.67. The van der Waals surface area contributed by atoms with Gasteiger partial charge in [-0.3, -0.25) is 4.79 Å². The van der Waals surface area contributed by atoms with Gasteiger partial charge in [0.1, 0.15) is 0 Å². The summed E-state index contributed by atoms with van der Waals surface area (Å²) in [6.07, 6.45) is 4.91. The lowest BCUT2D eigenvalue weighted by Crippen LogP contribution is -2.24. The Morgan fingerprint density at radius 1 is 1.09 bits per heavy atom. The van der Waals surface area contributed by atoms with E-state index in [2.05, 4.69) is 42.3 Å². The first-order chi connectivity index (χ1) is 11.1. The fourth-order valence-corrected chi connectivity index (χ4v) is 3.21. The fraction of sp³-hybridized carbons (Fsp3) is 0.450. The van der Waals surface area contributed by atoms with E-state index in [0.717, 1.165) is 29.8 Å². The van der Waals surface area contributed by atoms with Gasteiger partial charge in [0.05, 0.1) is 0 Å². The summed E-state index contributed by atoms with van der Waals surface area (Å²) < 4.78 is 0. The van der Waals surface area contributed by atoms with E-state index in [1.807, 2.05) is 12.1 Å². The van der Waals surface area contributed by atoms with Gasteiger partial charge >= 0.3 is 0 Å². The zero-order valence-corrected chi connectivity index (χ0v) is 14.1. The molecule has 1 heterocycles. The maximum atomic E-state index is 12.3. The molecule has 3 nitrogen and oxygen atoms in total. The van der Waals surface area contributed by atoms with Crippen molar-refractivity contribution in [1.29, 1.82) is 0 Å². The highest BCUT2D eigenvalue weighted by Crippen LogP contribution is 2.26. The normalized spacial score (nSPS) is 14.0. The molecule has 0 saturated carbocycles. The van der Waals surface area contributed by atoms with Crippen molar-refractivity contribution < 1.29 is 0 Å². The molecule has 0 radical (unpaired) electrons. The van der Waals surface area contributed by atoms with Gasteiger partial charge in [0.25, 0.3) is 5.56 Å². The standard InChI is InChI=1S/C20H26N2O/c1-14(2)12-21-13-18-9-10-19(22-20(18)23)17-8-7-15-5-3-4-6-16(15)11-17/h7-11,14,21H,3-6,12-13H2,1-2H3,(H,22,23). The lowest BCUT2D eigenvalue weighted by Gasteiger charge is -2.16. The van der Waals surface area contributed by atoms with Crippen LogP contribution in [0.1, 0.15) is 43.4 Å². The van der Waals surface area contributed by atoms with Crippen molar-refractivity contribution in [2.24, 2.45) is 5.92 Å². The average Bonchev–Trinajstić information content (AvgIpc) is 2.55. The number of nitrogens with one attached hydrogen (secondary N) is 2. The van der Waals surface area contributed by atoms with Crippen molar-refractivity contribution in [3.05, 3.63) is 57.4 Å². The molecule has 1 aliphatic carbocycles. The number of benzene rings is 1. The van der Waals surface area contributed by atoms with Crippen LogP contribution in [0.4, 0.5) is 0 Å². The molecule has 0 spiro atoms. The zero-order valence-electron chi connectivity index (χ0n) is 14.1. The molecule has 0 fully saturated rings. The first-order valence-corrected chi connectivity index (χ1v) is 8.68. The second-order valence-corrected chi connectivity index (χ2v) is 6.94. The number of pyridine rings is 1. The Hall–Kier alpha value is -1.87. The maximum Gasteiger partial charge on any atom is 0.252 e. The zero-order chi connectivity index (χ0) is 16.2. The van der Waals surface area contributed by atoms with E-state index < -0.39 is 0 Å². The molecule has 2 N–H and O–H groups in total. The Morgan fingerprint density at radius 2 is 1.87 bits per heavy atom. The SMILES string of the molecule is CC(C)CNCc1ccc(-c2ccc3c(c2)CCCC3)[nH]c1=O. The molecule has 0 saturated heterocycles. The molecule has 3 heteroatoms. The highest BCUT2D eigenvalue weighted by molar-refractivity contribution is 5.61. The topological polar surface area (TPSA) is 44.9 Å². The molecule has 23 heavy (non-hydrogen) atoms. The van der Waals surface area contributed by atoms with E-state index >= 15 is 0 Å². The molecule has 0 atom stereocenters. The van der Waals surface area contributed by atoms with Crippen LogP contribution in [0.5, 0.6) is 0 Å². The lowest BCUT2D eigenvalue weighted by atomic mass is 9.90. The van der Waals surface area contributed by atoms with Crippen LogP contribution in [0.25, 0.3) is 11.3 Å². The van der Waals surface area contributed by atoms with Gasteiger partial charge in [-0.15, -0.1) is 0 Å². The molecule has 1 aliphatic rings. The molecule has 1 aromatic carbocycles. The smallest absolute Gasteiger partial charge is 0.252 e. The van der Waals surface area contributed by atoms with Crippen LogP contribution in [-0.4, -0.2) is 11.5 Å². The molecule has 2 aromatic rings. The van der Waals surface area contributed by atoms with Gasteiger partial charge in [-0.05, 0) is 67.0 Å². The Bertz CT molecular complexity index is 731. The first kappa shape index (κ1) is 16.0. The van der Waals surface area contributed by atoms with Crippen molar-refractivity contribution in [2.45, 2.75) is 46.1 Å². The highest BCUT2D eigenvalue weighted by atomic mass is 16.1. The lowest BCUT2D eigenvalue weighted by molar-refractivity contribution is 0.551. The molecular weight excluding hydrogens is 284 g/mol. The van der Waals surface area contributed by atoms with E-state index in [4.69, 9.17) is 0 Å². The third kappa shape index (κ3) is 3.91. The summed E-state index contributed by atoms with van der Waals surface area (Å²) in [6.45, 7) is 5.87. The van der Waals surface area contributed by atoms with Crippen LogP contribution in [-0.2, 0) is 19.4 Å². The fourth-order valence-electron chi connectivity index (χ4n) is 3.21.